The van der Waals surface area contributed by atoms with E-state index in [-0.39, 0.29) is 0 Å². The van der Waals surface area contributed by atoms with E-state index in [0.29, 0.717) is 0 Å². The Morgan fingerprint density at radius 2 is 1.85 bits per heavy atom. The van der Waals surface area contributed by atoms with Gasteiger partial charge >= 0.3 is 0 Å². The van der Waals surface area contributed by atoms with E-state index in [1.807, 2.05) is 31.3 Å². The number of benzene rings is 1. The van der Waals surface area contributed by atoms with Crippen LogP contribution in [0.4, 0.5) is 5.82 Å². The minimum atomic E-state index is 0.781. The smallest absolute Gasteiger partial charge is 0.172 e. The Balaban J connectivity index is 2.15. The predicted octanol–water partition coefficient (Wildman–Crippen LogP) is 4.22. The Bertz CT molecular complexity index is 720. The summed E-state index contributed by atoms with van der Waals surface area (Å²) in [6.45, 7) is 2.09. The van der Waals surface area contributed by atoms with Gasteiger partial charge in [0.1, 0.15) is 5.82 Å². The van der Waals surface area contributed by atoms with Crippen LogP contribution in [0.1, 0.15) is 5.56 Å². The van der Waals surface area contributed by atoms with Crippen LogP contribution in [-0.2, 0) is 0 Å². The third-order valence-corrected chi connectivity index (χ3v) is 4.13. The van der Waals surface area contributed by atoms with Gasteiger partial charge in [-0.1, -0.05) is 30.3 Å². The average Bonchev–Trinajstić information content (AvgIpc) is 2.94. The van der Waals surface area contributed by atoms with Crippen LogP contribution < -0.4 is 5.32 Å². The zero-order valence-electron chi connectivity index (χ0n) is 11.4. The topological polar surface area (TPSA) is 37.8 Å². The SMILES string of the molecule is CNc1cc(-c2ccccc2)nc(-c2sccc2C)n1. The molecule has 2 aromatic heterocycles. The average molecular weight is 281 g/mol. The molecule has 0 spiro atoms. The second kappa shape index (κ2) is 5.43. The molecule has 1 N–H and O–H groups in total. The van der Waals surface area contributed by atoms with Crippen LogP contribution in [0.15, 0.2) is 47.8 Å². The fraction of sp³-hybridized carbons (Fsp3) is 0.125. The molecular formula is C16H15N3S. The van der Waals surface area contributed by atoms with E-state index in [1.165, 1.54) is 5.56 Å². The molecule has 0 aliphatic rings. The van der Waals surface area contributed by atoms with Crippen molar-refractivity contribution in [3.05, 3.63) is 53.4 Å². The Morgan fingerprint density at radius 1 is 1.05 bits per heavy atom. The number of aryl methyl sites for hydroxylation is 1. The van der Waals surface area contributed by atoms with Gasteiger partial charge in [-0.15, -0.1) is 11.3 Å². The van der Waals surface area contributed by atoms with Crippen LogP contribution >= 0.6 is 11.3 Å². The molecule has 0 saturated heterocycles. The van der Waals surface area contributed by atoms with Gasteiger partial charge in [-0.3, -0.25) is 0 Å². The van der Waals surface area contributed by atoms with Crippen molar-refractivity contribution >= 4 is 17.2 Å². The van der Waals surface area contributed by atoms with Gasteiger partial charge in [-0.25, -0.2) is 9.97 Å². The lowest BCUT2D eigenvalue weighted by atomic mass is 10.1. The molecule has 3 nitrogen and oxygen atoms in total. The van der Waals surface area contributed by atoms with Crippen LogP contribution in [0.5, 0.6) is 0 Å². The van der Waals surface area contributed by atoms with Crippen molar-refractivity contribution in [2.75, 3.05) is 12.4 Å². The molecule has 0 atom stereocenters. The molecule has 20 heavy (non-hydrogen) atoms. The summed E-state index contributed by atoms with van der Waals surface area (Å²) in [7, 11) is 1.88. The summed E-state index contributed by atoms with van der Waals surface area (Å²) in [6.07, 6.45) is 0. The zero-order chi connectivity index (χ0) is 13.9. The summed E-state index contributed by atoms with van der Waals surface area (Å²) in [5, 5.41) is 5.18. The molecule has 3 rings (SSSR count). The first-order valence-corrected chi connectivity index (χ1v) is 7.32. The van der Waals surface area contributed by atoms with Gasteiger partial charge in [-0.05, 0) is 23.9 Å². The highest BCUT2D eigenvalue weighted by Gasteiger charge is 2.10. The van der Waals surface area contributed by atoms with Crippen molar-refractivity contribution in [3.8, 4) is 22.0 Å². The Morgan fingerprint density at radius 3 is 2.50 bits per heavy atom. The van der Waals surface area contributed by atoms with Crippen LogP contribution in [0.2, 0.25) is 0 Å². The predicted molar refractivity (Wildman–Crippen MR) is 85.1 cm³/mol. The monoisotopic (exact) mass is 281 g/mol. The van der Waals surface area contributed by atoms with Gasteiger partial charge in [0, 0.05) is 18.7 Å². The van der Waals surface area contributed by atoms with Gasteiger partial charge in [0.05, 0.1) is 10.6 Å². The Hall–Kier alpha value is -2.20. The molecule has 3 aromatic rings. The number of anilines is 1. The standard InChI is InChI=1S/C16H15N3S/c1-11-8-9-20-15(11)16-18-13(10-14(17-2)19-16)12-6-4-3-5-7-12/h3-10H,1-2H3,(H,17,18,19). The van der Waals surface area contributed by atoms with E-state index in [0.717, 1.165) is 27.8 Å². The van der Waals surface area contributed by atoms with E-state index in [9.17, 15) is 0 Å². The van der Waals surface area contributed by atoms with E-state index in [1.54, 1.807) is 11.3 Å². The Kier molecular flexibility index (Phi) is 3.48. The number of nitrogens with one attached hydrogen (secondary N) is 1. The van der Waals surface area contributed by atoms with E-state index in [2.05, 4.69) is 40.8 Å². The second-order valence-electron chi connectivity index (χ2n) is 4.51. The molecule has 0 aliphatic heterocycles. The largest absolute Gasteiger partial charge is 0.373 e. The molecule has 0 amide bonds. The lowest BCUT2D eigenvalue weighted by Crippen LogP contribution is -1.98. The zero-order valence-corrected chi connectivity index (χ0v) is 12.2. The van der Waals surface area contributed by atoms with Crippen molar-refractivity contribution in [3.63, 3.8) is 0 Å². The Labute approximate surface area is 122 Å². The number of hydrogen-bond acceptors (Lipinski definition) is 4. The first kappa shape index (κ1) is 12.8. The summed E-state index contributed by atoms with van der Waals surface area (Å²) < 4.78 is 0. The fourth-order valence-electron chi connectivity index (χ4n) is 2.04. The van der Waals surface area contributed by atoms with Crippen LogP contribution in [0, 0.1) is 6.92 Å². The summed E-state index contributed by atoms with van der Waals surface area (Å²) in [4.78, 5) is 10.4. The fourth-order valence-corrected chi connectivity index (χ4v) is 2.89. The second-order valence-corrected chi connectivity index (χ2v) is 5.43. The third-order valence-electron chi connectivity index (χ3n) is 3.12. The van der Waals surface area contributed by atoms with Gasteiger partial charge in [0.25, 0.3) is 0 Å². The molecule has 0 radical (unpaired) electrons. The van der Waals surface area contributed by atoms with E-state index >= 15 is 0 Å². The molecule has 0 unspecified atom stereocenters. The van der Waals surface area contributed by atoms with Crippen molar-refractivity contribution in [2.45, 2.75) is 6.92 Å². The van der Waals surface area contributed by atoms with Crippen LogP contribution in [-0.4, -0.2) is 17.0 Å². The normalized spacial score (nSPS) is 10.5. The van der Waals surface area contributed by atoms with Crippen molar-refractivity contribution < 1.29 is 0 Å². The lowest BCUT2D eigenvalue weighted by molar-refractivity contribution is 1.17. The number of hydrogen-bond donors (Lipinski definition) is 1. The quantitative estimate of drug-likeness (QED) is 0.781. The third kappa shape index (κ3) is 2.42. The van der Waals surface area contributed by atoms with Crippen molar-refractivity contribution in [1.82, 2.24) is 9.97 Å². The maximum Gasteiger partial charge on any atom is 0.172 e. The van der Waals surface area contributed by atoms with E-state index in [4.69, 9.17) is 4.98 Å². The number of thiophene rings is 1. The highest BCUT2D eigenvalue weighted by molar-refractivity contribution is 7.13. The molecule has 2 heterocycles. The molecule has 100 valence electrons. The summed E-state index contributed by atoms with van der Waals surface area (Å²) in [6, 6.07) is 14.2. The minimum Gasteiger partial charge on any atom is -0.373 e. The first-order chi connectivity index (χ1) is 9.78. The van der Waals surface area contributed by atoms with Gasteiger partial charge in [-0.2, -0.15) is 0 Å². The number of nitrogens with zero attached hydrogens (tertiary/aromatic N) is 2. The summed E-state index contributed by atoms with van der Waals surface area (Å²) in [5.74, 6) is 1.62. The van der Waals surface area contributed by atoms with Gasteiger partial charge < -0.3 is 5.32 Å². The number of rotatable bonds is 3. The molecule has 0 fully saturated rings. The van der Waals surface area contributed by atoms with Crippen molar-refractivity contribution in [2.24, 2.45) is 0 Å². The first-order valence-electron chi connectivity index (χ1n) is 6.44. The summed E-state index contributed by atoms with van der Waals surface area (Å²) >= 11 is 1.67. The van der Waals surface area contributed by atoms with Crippen LogP contribution in [0.25, 0.3) is 22.0 Å². The molecule has 0 saturated carbocycles. The number of aromatic nitrogens is 2. The molecular weight excluding hydrogens is 266 g/mol. The van der Waals surface area contributed by atoms with Gasteiger partial charge in [0.2, 0.25) is 0 Å². The highest BCUT2D eigenvalue weighted by atomic mass is 32.1. The minimum absolute atomic E-state index is 0.781. The maximum absolute atomic E-state index is 4.71. The maximum atomic E-state index is 4.71. The van der Waals surface area contributed by atoms with Crippen molar-refractivity contribution in [1.29, 1.82) is 0 Å². The highest BCUT2D eigenvalue weighted by Crippen LogP contribution is 2.29. The van der Waals surface area contributed by atoms with Crippen LogP contribution in [0.3, 0.4) is 0 Å². The van der Waals surface area contributed by atoms with Gasteiger partial charge in [0.15, 0.2) is 5.82 Å². The lowest BCUT2D eigenvalue weighted by Gasteiger charge is -2.07. The molecule has 4 heteroatoms. The molecule has 0 bridgehead atoms. The van der Waals surface area contributed by atoms with E-state index < -0.39 is 0 Å². The molecule has 0 aliphatic carbocycles. The summed E-state index contributed by atoms with van der Waals surface area (Å²) in [5.41, 5.74) is 3.25. The molecule has 1 aromatic carbocycles.